The summed E-state index contributed by atoms with van der Waals surface area (Å²) < 4.78 is 26.6. The van der Waals surface area contributed by atoms with Crippen molar-refractivity contribution in [2.24, 2.45) is 0 Å². The molecule has 1 aliphatic rings. The monoisotopic (exact) mass is 282 g/mol. The average molecular weight is 282 g/mol. The van der Waals surface area contributed by atoms with E-state index in [1.807, 2.05) is 6.92 Å². The Balaban J connectivity index is 2.38. The van der Waals surface area contributed by atoms with Crippen LogP contribution in [-0.2, 0) is 10.0 Å². The molecule has 1 fully saturated rings. The van der Waals surface area contributed by atoms with Crippen molar-refractivity contribution in [3.05, 3.63) is 29.8 Å². The summed E-state index contributed by atoms with van der Waals surface area (Å²) in [4.78, 5) is 11.5. The SMILES string of the molecule is CC(=O)c1cccc(S(=O)(=O)N2CCNC[C@H]2C)c1. The van der Waals surface area contributed by atoms with E-state index in [0.29, 0.717) is 25.2 Å². The highest BCUT2D eigenvalue weighted by molar-refractivity contribution is 7.89. The van der Waals surface area contributed by atoms with E-state index in [2.05, 4.69) is 5.32 Å². The summed E-state index contributed by atoms with van der Waals surface area (Å²) in [6.45, 7) is 5.05. The number of carbonyl (C=O) groups is 1. The molecule has 1 N–H and O–H groups in total. The van der Waals surface area contributed by atoms with Gasteiger partial charge in [0.05, 0.1) is 4.90 Å². The quantitative estimate of drug-likeness (QED) is 0.836. The maximum absolute atomic E-state index is 12.6. The lowest BCUT2D eigenvalue weighted by atomic mass is 10.2. The summed E-state index contributed by atoms with van der Waals surface area (Å²) in [5, 5.41) is 3.16. The van der Waals surface area contributed by atoms with Gasteiger partial charge in [0, 0.05) is 31.2 Å². The van der Waals surface area contributed by atoms with Crippen LogP contribution in [0.1, 0.15) is 24.2 Å². The van der Waals surface area contributed by atoms with Crippen molar-refractivity contribution in [3.63, 3.8) is 0 Å². The van der Waals surface area contributed by atoms with Crippen LogP contribution >= 0.6 is 0 Å². The number of ketones is 1. The lowest BCUT2D eigenvalue weighted by Crippen LogP contribution is -2.52. The molecule has 1 aromatic carbocycles. The van der Waals surface area contributed by atoms with Gasteiger partial charge in [-0.25, -0.2) is 8.42 Å². The summed E-state index contributed by atoms with van der Waals surface area (Å²) in [5.74, 6) is -0.134. The molecule has 0 radical (unpaired) electrons. The number of benzene rings is 1. The maximum Gasteiger partial charge on any atom is 0.243 e. The van der Waals surface area contributed by atoms with Gasteiger partial charge in [-0.15, -0.1) is 0 Å². The fourth-order valence-electron chi connectivity index (χ4n) is 2.19. The van der Waals surface area contributed by atoms with E-state index in [4.69, 9.17) is 0 Å². The van der Waals surface area contributed by atoms with Gasteiger partial charge >= 0.3 is 0 Å². The maximum atomic E-state index is 12.6. The van der Waals surface area contributed by atoms with Gasteiger partial charge in [0.2, 0.25) is 10.0 Å². The van der Waals surface area contributed by atoms with Gasteiger partial charge in [-0.1, -0.05) is 12.1 Å². The molecule has 1 heterocycles. The van der Waals surface area contributed by atoms with Crippen LogP contribution in [0, 0.1) is 0 Å². The van der Waals surface area contributed by atoms with E-state index in [1.165, 1.54) is 23.4 Å². The van der Waals surface area contributed by atoms with Crippen LogP contribution < -0.4 is 5.32 Å². The second kappa shape index (κ2) is 5.40. The first-order chi connectivity index (χ1) is 8.93. The van der Waals surface area contributed by atoms with E-state index in [0.717, 1.165) is 0 Å². The van der Waals surface area contributed by atoms with Crippen LogP contribution in [0.25, 0.3) is 0 Å². The Labute approximate surface area is 113 Å². The molecule has 5 nitrogen and oxygen atoms in total. The van der Waals surface area contributed by atoms with Gasteiger partial charge in [-0.05, 0) is 26.0 Å². The molecule has 0 unspecified atom stereocenters. The largest absolute Gasteiger partial charge is 0.314 e. The molecule has 1 aliphatic heterocycles. The standard InChI is InChI=1S/C13H18N2O3S/c1-10-9-14-6-7-15(10)19(17,18)13-5-3-4-12(8-13)11(2)16/h3-5,8,10,14H,6-7,9H2,1-2H3/t10-/m1/s1. The molecule has 0 bridgehead atoms. The van der Waals surface area contributed by atoms with Crippen LogP contribution in [-0.4, -0.2) is 44.2 Å². The van der Waals surface area contributed by atoms with E-state index in [1.54, 1.807) is 12.1 Å². The first-order valence-electron chi connectivity index (χ1n) is 6.26. The number of hydrogen-bond donors (Lipinski definition) is 1. The third-order valence-electron chi connectivity index (χ3n) is 3.29. The van der Waals surface area contributed by atoms with E-state index >= 15 is 0 Å². The Morgan fingerprint density at radius 2 is 2.16 bits per heavy atom. The first-order valence-corrected chi connectivity index (χ1v) is 7.70. The summed E-state index contributed by atoms with van der Waals surface area (Å²) in [6.07, 6.45) is 0. The van der Waals surface area contributed by atoms with E-state index in [9.17, 15) is 13.2 Å². The highest BCUT2D eigenvalue weighted by atomic mass is 32.2. The topological polar surface area (TPSA) is 66.5 Å². The van der Waals surface area contributed by atoms with Crippen molar-refractivity contribution in [1.29, 1.82) is 0 Å². The van der Waals surface area contributed by atoms with Crippen LogP contribution in [0.15, 0.2) is 29.2 Å². The number of rotatable bonds is 3. The van der Waals surface area contributed by atoms with Crippen LogP contribution in [0.4, 0.5) is 0 Å². The average Bonchev–Trinajstić information content (AvgIpc) is 2.39. The first kappa shape index (κ1) is 14.2. The highest BCUT2D eigenvalue weighted by Gasteiger charge is 2.30. The summed E-state index contributed by atoms with van der Waals surface area (Å²) >= 11 is 0. The third-order valence-corrected chi connectivity index (χ3v) is 5.30. The highest BCUT2D eigenvalue weighted by Crippen LogP contribution is 2.20. The van der Waals surface area contributed by atoms with Crippen LogP contribution in [0.5, 0.6) is 0 Å². The Morgan fingerprint density at radius 1 is 1.42 bits per heavy atom. The minimum Gasteiger partial charge on any atom is -0.314 e. The lowest BCUT2D eigenvalue weighted by Gasteiger charge is -2.32. The van der Waals surface area contributed by atoms with Gasteiger partial charge in [-0.2, -0.15) is 4.31 Å². The minimum absolute atomic E-state index is 0.0836. The Morgan fingerprint density at radius 3 is 2.79 bits per heavy atom. The third kappa shape index (κ3) is 2.86. The fraction of sp³-hybridized carbons (Fsp3) is 0.462. The van der Waals surface area contributed by atoms with Gasteiger partial charge < -0.3 is 5.32 Å². The molecule has 1 aromatic rings. The van der Waals surface area contributed by atoms with Gasteiger partial charge in [0.25, 0.3) is 0 Å². The molecule has 0 amide bonds. The smallest absolute Gasteiger partial charge is 0.243 e. The number of nitrogens with zero attached hydrogens (tertiary/aromatic N) is 1. The second-order valence-corrected chi connectivity index (χ2v) is 6.64. The number of nitrogens with one attached hydrogen (secondary N) is 1. The van der Waals surface area contributed by atoms with Crippen molar-refractivity contribution in [3.8, 4) is 0 Å². The van der Waals surface area contributed by atoms with Crippen LogP contribution in [0.3, 0.4) is 0 Å². The second-order valence-electron chi connectivity index (χ2n) is 4.75. The molecule has 6 heteroatoms. The molecule has 19 heavy (non-hydrogen) atoms. The zero-order chi connectivity index (χ0) is 14.0. The summed E-state index contributed by atoms with van der Waals surface area (Å²) in [5.41, 5.74) is 0.420. The number of piperazine rings is 1. The fourth-order valence-corrected chi connectivity index (χ4v) is 3.87. The molecular formula is C13H18N2O3S. The molecule has 104 valence electrons. The zero-order valence-corrected chi connectivity index (χ0v) is 11.9. The van der Waals surface area contributed by atoms with Crippen molar-refractivity contribution in [2.75, 3.05) is 19.6 Å². The molecule has 0 aliphatic carbocycles. The van der Waals surface area contributed by atoms with Gasteiger partial charge in [0.15, 0.2) is 5.78 Å². The van der Waals surface area contributed by atoms with Gasteiger partial charge in [0.1, 0.15) is 0 Å². The van der Waals surface area contributed by atoms with Crippen LogP contribution in [0.2, 0.25) is 0 Å². The van der Waals surface area contributed by atoms with Crippen molar-refractivity contribution < 1.29 is 13.2 Å². The number of sulfonamides is 1. The molecule has 1 atom stereocenters. The molecule has 0 spiro atoms. The Kier molecular flexibility index (Phi) is 4.03. The van der Waals surface area contributed by atoms with Crippen molar-refractivity contribution in [1.82, 2.24) is 9.62 Å². The number of hydrogen-bond acceptors (Lipinski definition) is 4. The molecular weight excluding hydrogens is 264 g/mol. The van der Waals surface area contributed by atoms with Crippen molar-refractivity contribution >= 4 is 15.8 Å². The number of Topliss-reactive ketones (excluding diaryl/α,β-unsaturated/α-hetero) is 1. The predicted octanol–water partition coefficient (Wildman–Crippen LogP) is 0.872. The Hall–Kier alpha value is -1.24. The molecule has 0 aromatic heterocycles. The van der Waals surface area contributed by atoms with E-state index < -0.39 is 10.0 Å². The lowest BCUT2D eigenvalue weighted by molar-refractivity contribution is 0.101. The minimum atomic E-state index is -3.53. The molecule has 2 rings (SSSR count). The van der Waals surface area contributed by atoms with Gasteiger partial charge in [-0.3, -0.25) is 4.79 Å². The van der Waals surface area contributed by atoms with Crippen molar-refractivity contribution in [2.45, 2.75) is 24.8 Å². The number of carbonyl (C=O) groups excluding carboxylic acids is 1. The molecule has 1 saturated heterocycles. The normalized spacial score (nSPS) is 21.3. The predicted molar refractivity (Wildman–Crippen MR) is 72.7 cm³/mol. The summed E-state index contributed by atoms with van der Waals surface area (Å²) in [6, 6.07) is 6.14. The Bertz CT molecular complexity index is 583. The molecule has 0 saturated carbocycles. The van der Waals surface area contributed by atoms with E-state index in [-0.39, 0.29) is 16.7 Å². The zero-order valence-electron chi connectivity index (χ0n) is 11.1. The summed E-state index contributed by atoms with van der Waals surface area (Å²) in [7, 11) is -3.53.